The molecule has 19 heavy (non-hydrogen) atoms. The topological polar surface area (TPSA) is 46.2 Å². The number of nitrogens with one attached hydrogen (secondary N) is 1. The molecule has 0 bridgehead atoms. The smallest absolute Gasteiger partial charge is 0.178 e. The summed E-state index contributed by atoms with van der Waals surface area (Å²) in [5, 5.41) is 3.53. The Morgan fingerprint density at radius 2 is 1.84 bits per heavy atom. The van der Waals surface area contributed by atoms with E-state index < -0.39 is 9.84 Å². The molecule has 4 heteroatoms. The molecule has 106 valence electrons. The number of hydrogen-bond donors (Lipinski definition) is 1. The predicted octanol–water partition coefficient (Wildman–Crippen LogP) is 2.41. The largest absolute Gasteiger partial charge is 0.314 e. The summed E-state index contributed by atoms with van der Waals surface area (Å²) in [6.45, 7) is 4.80. The van der Waals surface area contributed by atoms with Gasteiger partial charge in [-0.15, -0.1) is 0 Å². The first-order valence-electron chi connectivity index (χ1n) is 7.12. The first kappa shape index (κ1) is 14.5. The van der Waals surface area contributed by atoms with Gasteiger partial charge < -0.3 is 5.32 Å². The molecule has 0 saturated heterocycles. The van der Waals surface area contributed by atoms with Crippen molar-refractivity contribution in [2.45, 2.75) is 44.0 Å². The van der Waals surface area contributed by atoms with E-state index in [1.807, 2.05) is 12.1 Å². The lowest BCUT2D eigenvalue weighted by Gasteiger charge is -2.17. The Hall–Kier alpha value is -0.870. The molecule has 1 N–H and O–H groups in total. The molecule has 0 radical (unpaired) electrons. The third-order valence-corrected chi connectivity index (χ3v) is 5.53. The van der Waals surface area contributed by atoms with Crippen molar-refractivity contribution >= 4 is 9.84 Å². The molecule has 0 aliphatic heterocycles. The number of hydrogen-bond acceptors (Lipinski definition) is 3. The van der Waals surface area contributed by atoms with Crippen LogP contribution in [0.5, 0.6) is 0 Å². The highest BCUT2D eigenvalue weighted by atomic mass is 32.2. The summed E-state index contributed by atoms with van der Waals surface area (Å²) in [6.07, 6.45) is 3.63. The molecule has 3 nitrogen and oxygen atoms in total. The van der Waals surface area contributed by atoms with E-state index in [0.717, 1.165) is 18.9 Å². The van der Waals surface area contributed by atoms with E-state index in [1.165, 1.54) is 18.4 Å². The molecule has 0 amide bonds. The van der Waals surface area contributed by atoms with Crippen LogP contribution in [0.1, 0.15) is 32.3 Å². The van der Waals surface area contributed by atoms with Crippen LogP contribution in [0.3, 0.4) is 0 Å². The summed E-state index contributed by atoms with van der Waals surface area (Å²) in [5.41, 5.74) is 1.22. The van der Waals surface area contributed by atoms with Crippen molar-refractivity contribution < 1.29 is 8.42 Å². The van der Waals surface area contributed by atoms with E-state index >= 15 is 0 Å². The average molecular weight is 281 g/mol. The van der Waals surface area contributed by atoms with Crippen molar-refractivity contribution in [2.24, 2.45) is 5.92 Å². The summed E-state index contributed by atoms with van der Waals surface area (Å²) in [4.78, 5) is 0.435. The van der Waals surface area contributed by atoms with Crippen LogP contribution in [0.25, 0.3) is 0 Å². The molecule has 1 aliphatic carbocycles. The number of benzene rings is 1. The maximum atomic E-state index is 11.7. The fourth-order valence-corrected chi connectivity index (χ4v) is 3.30. The van der Waals surface area contributed by atoms with Gasteiger partial charge in [0.25, 0.3) is 0 Å². The zero-order chi connectivity index (χ0) is 13.9. The van der Waals surface area contributed by atoms with Crippen molar-refractivity contribution in [2.75, 3.05) is 12.3 Å². The molecule has 1 atom stereocenters. The van der Waals surface area contributed by atoms with Crippen molar-refractivity contribution in [1.29, 1.82) is 0 Å². The van der Waals surface area contributed by atoms with Crippen LogP contribution in [0.2, 0.25) is 0 Å². The lowest BCUT2D eigenvalue weighted by Crippen LogP contribution is -2.32. The fourth-order valence-electron chi connectivity index (χ4n) is 2.42. The maximum absolute atomic E-state index is 11.7. The molecule has 1 unspecified atom stereocenters. The van der Waals surface area contributed by atoms with Crippen LogP contribution in [-0.2, 0) is 16.3 Å². The molecule has 1 aromatic carbocycles. The third kappa shape index (κ3) is 3.80. The maximum Gasteiger partial charge on any atom is 0.178 e. The van der Waals surface area contributed by atoms with Gasteiger partial charge in [-0.2, -0.15) is 0 Å². The molecule has 2 rings (SSSR count). The average Bonchev–Trinajstić information content (AvgIpc) is 3.23. The van der Waals surface area contributed by atoms with Gasteiger partial charge in [0.15, 0.2) is 9.84 Å². The molecular weight excluding hydrogens is 258 g/mol. The molecular formula is C15H23NO2S. The summed E-state index contributed by atoms with van der Waals surface area (Å²) < 4.78 is 23.5. The van der Waals surface area contributed by atoms with Crippen molar-refractivity contribution in [1.82, 2.24) is 5.32 Å². The van der Waals surface area contributed by atoms with Crippen molar-refractivity contribution in [3.05, 3.63) is 29.8 Å². The summed E-state index contributed by atoms with van der Waals surface area (Å²) in [7, 11) is -3.07. The Bertz CT molecular complexity index is 503. The van der Waals surface area contributed by atoms with E-state index in [4.69, 9.17) is 0 Å². The predicted molar refractivity (Wildman–Crippen MR) is 78.1 cm³/mol. The first-order chi connectivity index (χ1) is 9.06. The quantitative estimate of drug-likeness (QED) is 0.835. The zero-order valence-corrected chi connectivity index (χ0v) is 12.5. The monoisotopic (exact) mass is 281 g/mol. The Morgan fingerprint density at radius 1 is 1.21 bits per heavy atom. The lowest BCUT2D eigenvalue weighted by molar-refractivity contribution is 0.472. The highest BCUT2D eigenvalue weighted by Crippen LogP contribution is 2.34. The van der Waals surface area contributed by atoms with Gasteiger partial charge in [0, 0.05) is 6.04 Å². The number of sulfone groups is 1. The summed E-state index contributed by atoms with van der Waals surface area (Å²) in [5.74, 6) is 0.966. The van der Waals surface area contributed by atoms with E-state index in [-0.39, 0.29) is 5.75 Å². The minimum Gasteiger partial charge on any atom is -0.314 e. The van der Waals surface area contributed by atoms with Crippen LogP contribution in [0.15, 0.2) is 29.2 Å². The molecule has 1 aliphatic rings. The Morgan fingerprint density at radius 3 is 2.32 bits per heavy atom. The lowest BCUT2D eigenvalue weighted by atomic mass is 10.0. The molecule has 1 fully saturated rings. The van der Waals surface area contributed by atoms with Gasteiger partial charge in [0.2, 0.25) is 0 Å². The number of rotatable bonds is 7. The first-order valence-corrected chi connectivity index (χ1v) is 8.77. The van der Waals surface area contributed by atoms with Crippen LogP contribution in [0, 0.1) is 5.92 Å². The van der Waals surface area contributed by atoms with Gasteiger partial charge in [-0.25, -0.2) is 8.42 Å². The second-order valence-electron chi connectivity index (χ2n) is 5.25. The highest BCUT2D eigenvalue weighted by molar-refractivity contribution is 7.91. The SMILES string of the molecule is CCNC(Cc1ccc(S(=O)(=O)CC)cc1)C1CC1. The van der Waals surface area contributed by atoms with Crippen LogP contribution < -0.4 is 5.32 Å². The van der Waals surface area contributed by atoms with Gasteiger partial charge in [-0.05, 0) is 49.4 Å². The Balaban J connectivity index is 2.05. The van der Waals surface area contributed by atoms with Crippen molar-refractivity contribution in [3.63, 3.8) is 0 Å². The van der Waals surface area contributed by atoms with E-state index in [0.29, 0.717) is 10.9 Å². The minimum absolute atomic E-state index is 0.161. The Kier molecular flexibility index (Phi) is 4.63. The fraction of sp³-hybridized carbons (Fsp3) is 0.600. The molecule has 1 saturated carbocycles. The minimum atomic E-state index is -3.07. The van der Waals surface area contributed by atoms with Gasteiger partial charge in [0.1, 0.15) is 0 Å². The Labute approximate surface area is 116 Å². The second kappa shape index (κ2) is 6.06. The highest BCUT2D eigenvalue weighted by Gasteiger charge is 2.30. The summed E-state index contributed by atoms with van der Waals surface area (Å²) in [6, 6.07) is 7.93. The second-order valence-corrected chi connectivity index (χ2v) is 7.53. The van der Waals surface area contributed by atoms with Crippen LogP contribution >= 0.6 is 0 Å². The molecule has 1 aromatic rings. The van der Waals surface area contributed by atoms with Gasteiger partial charge in [0.05, 0.1) is 10.6 Å². The number of likely N-dealkylation sites (N-methyl/N-ethyl adjacent to an activating group) is 1. The zero-order valence-electron chi connectivity index (χ0n) is 11.7. The molecule has 0 aromatic heterocycles. The van der Waals surface area contributed by atoms with Crippen LogP contribution in [-0.4, -0.2) is 26.8 Å². The van der Waals surface area contributed by atoms with Gasteiger partial charge >= 0.3 is 0 Å². The standard InChI is InChI=1S/C15H23NO2S/c1-3-16-15(13-7-8-13)11-12-5-9-14(10-6-12)19(17,18)4-2/h5-6,9-10,13,15-16H,3-4,7-8,11H2,1-2H3. The summed E-state index contributed by atoms with van der Waals surface area (Å²) >= 11 is 0. The van der Waals surface area contributed by atoms with Crippen molar-refractivity contribution in [3.8, 4) is 0 Å². The third-order valence-electron chi connectivity index (χ3n) is 3.78. The molecule has 0 heterocycles. The normalized spacial score (nSPS) is 17.4. The molecule has 0 spiro atoms. The van der Waals surface area contributed by atoms with Crippen LogP contribution in [0.4, 0.5) is 0 Å². The van der Waals surface area contributed by atoms with E-state index in [1.54, 1.807) is 19.1 Å². The van der Waals surface area contributed by atoms with E-state index in [2.05, 4.69) is 12.2 Å². The van der Waals surface area contributed by atoms with Gasteiger partial charge in [-0.3, -0.25) is 0 Å². The van der Waals surface area contributed by atoms with E-state index in [9.17, 15) is 8.42 Å². The van der Waals surface area contributed by atoms with Gasteiger partial charge in [-0.1, -0.05) is 26.0 Å².